The number of H-pyrrole nitrogens is 1. The minimum absolute atomic E-state index is 0.179. The fraction of sp³-hybridized carbons (Fsp3) is 0.194. The molecule has 0 aliphatic heterocycles. The van der Waals surface area contributed by atoms with Crippen LogP contribution in [0.5, 0.6) is 23.0 Å². The lowest BCUT2D eigenvalue weighted by Gasteiger charge is -2.09. The predicted octanol–water partition coefficient (Wildman–Crippen LogP) is 7.02. The van der Waals surface area contributed by atoms with E-state index in [1.807, 2.05) is 79.0 Å². The summed E-state index contributed by atoms with van der Waals surface area (Å²) in [4.78, 5) is 26.1. The summed E-state index contributed by atoms with van der Waals surface area (Å²) in [6.07, 6.45) is 0. The van der Waals surface area contributed by atoms with Crippen LogP contribution in [0.4, 0.5) is 5.13 Å². The molecule has 0 saturated carbocycles. The van der Waals surface area contributed by atoms with Gasteiger partial charge < -0.3 is 29.2 Å². The second-order valence-corrected chi connectivity index (χ2v) is 11.3. The number of imidazole rings is 1. The molecule has 9 nitrogen and oxygen atoms in total. The number of rotatable bonds is 11. The van der Waals surface area contributed by atoms with Crippen molar-refractivity contribution in [1.82, 2.24) is 15.0 Å². The number of thioether (sulfide) groups is 1. The van der Waals surface area contributed by atoms with E-state index in [9.17, 15) is 4.79 Å². The molecule has 0 saturated heterocycles. The van der Waals surface area contributed by atoms with Crippen LogP contribution < -0.4 is 24.3 Å². The summed E-state index contributed by atoms with van der Waals surface area (Å²) < 4.78 is 21.4. The minimum atomic E-state index is -0.447. The Hall–Kier alpha value is -4.48. The van der Waals surface area contributed by atoms with Gasteiger partial charge in [-0.1, -0.05) is 11.8 Å². The molecule has 11 heteroatoms. The van der Waals surface area contributed by atoms with Crippen molar-refractivity contribution in [1.29, 1.82) is 0 Å². The number of thiazole rings is 1. The number of hydrogen-bond acceptors (Lipinski definition) is 9. The Morgan fingerprint density at radius 2 is 1.43 bits per heavy atom. The number of anilines is 1. The van der Waals surface area contributed by atoms with Crippen molar-refractivity contribution in [2.24, 2.45) is 0 Å². The Kier molecular flexibility index (Phi) is 8.99. The van der Waals surface area contributed by atoms with E-state index in [0.717, 1.165) is 45.3 Å². The number of ether oxygens (including phenoxy) is 4. The molecule has 0 fully saturated rings. The molecule has 2 N–H and O–H groups in total. The van der Waals surface area contributed by atoms with Gasteiger partial charge >= 0.3 is 0 Å². The first-order valence-corrected chi connectivity index (χ1v) is 14.7. The van der Waals surface area contributed by atoms with Gasteiger partial charge in [-0.25, -0.2) is 9.97 Å². The van der Waals surface area contributed by atoms with Gasteiger partial charge in [0.2, 0.25) is 5.91 Å². The molecule has 0 bridgehead atoms. The number of benzene rings is 3. The number of hydrogen-bond donors (Lipinski definition) is 2. The normalized spacial score (nSPS) is 11.5. The zero-order chi connectivity index (χ0) is 29.6. The highest BCUT2D eigenvalue weighted by Gasteiger charge is 2.21. The van der Waals surface area contributed by atoms with E-state index in [2.05, 4.69) is 15.3 Å². The van der Waals surface area contributed by atoms with Gasteiger partial charge in [-0.05, 0) is 73.7 Å². The summed E-state index contributed by atoms with van der Waals surface area (Å²) >= 11 is 2.70. The summed E-state index contributed by atoms with van der Waals surface area (Å²) in [5.41, 5.74) is 5.08. The maximum Gasteiger partial charge on any atom is 0.239 e. The summed E-state index contributed by atoms with van der Waals surface area (Å²) in [5.74, 6) is 2.60. The Morgan fingerprint density at radius 3 is 2.05 bits per heavy atom. The van der Waals surface area contributed by atoms with Crippen LogP contribution in [0.3, 0.4) is 0 Å². The van der Waals surface area contributed by atoms with Crippen molar-refractivity contribution < 1.29 is 23.7 Å². The highest BCUT2D eigenvalue weighted by molar-refractivity contribution is 8.00. The fourth-order valence-corrected chi connectivity index (χ4v) is 5.75. The van der Waals surface area contributed by atoms with Crippen LogP contribution in [0, 0.1) is 0 Å². The highest BCUT2D eigenvalue weighted by atomic mass is 32.2. The van der Waals surface area contributed by atoms with E-state index in [0.29, 0.717) is 21.8 Å². The van der Waals surface area contributed by atoms with Gasteiger partial charge in [0.15, 0.2) is 21.8 Å². The van der Waals surface area contributed by atoms with E-state index in [4.69, 9.17) is 23.9 Å². The molecule has 0 aliphatic carbocycles. The Labute approximate surface area is 252 Å². The van der Waals surface area contributed by atoms with Gasteiger partial charge in [0, 0.05) is 22.1 Å². The SMILES string of the molecule is COc1ccc(-c2nc(SC(C)C(=O)Nc3nc(-c4ccc(OC)c(OC)c4)cs3)[nH]c2-c2ccc(OC)cc2)cc1. The molecule has 3 aromatic carbocycles. The monoisotopic (exact) mass is 602 g/mol. The number of methoxy groups -OCH3 is 4. The lowest BCUT2D eigenvalue weighted by atomic mass is 10.0. The lowest BCUT2D eigenvalue weighted by molar-refractivity contribution is -0.115. The number of aromatic amines is 1. The maximum absolute atomic E-state index is 13.1. The molecule has 5 rings (SSSR count). The average Bonchev–Trinajstić information content (AvgIpc) is 3.68. The first kappa shape index (κ1) is 29.0. The van der Waals surface area contributed by atoms with Gasteiger partial charge in [-0.3, -0.25) is 4.79 Å². The predicted molar refractivity (Wildman–Crippen MR) is 167 cm³/mol. The second-order valence-electron chi connectivity index (χ2n) is 9.08. The van der Waals surface area contributed by atoms with Gasteiger partial charge in [-0.15, -0.1) is 11.3 Å². The van der Waals surface area contributed by atoms with Gasteiger partial charge in [-0.2, -0.15) is 0 Å². The first-order valence-electron chi connectivity index (χ1n) is 13.0. The summed E-state index contributed by atoms with van der Waals surface area (Å²) in [7, 11) is 6.45. The second kappa shape index (κ2) is 13.0. The quantitative estimate of drug-likeness (QED) is 0.155. The van der Waals surface area contributed by atoms with E-state index in [1.165, 1.54) is 23.1 Å². The van der Waals surface area contributed by atoms with Crippen LogP contribution in [0.15, 0.2) is 77.3 Å². The third kappa shape index (κ3) is 6.37. The summed E-state index contributed by atoms with van der Waals surface area (Å²) in [6, 6.07) is 21.1. The van der Waals surface area contributed by atoms with Crippen LogP contribution >= 0.6 is 23.1 Å². The summed E-state index contributed by atoms with van der Waals surface area (Å²) in [6.45, 7) is 1.84. The molecule has 1 atom stereocenters. The molecule has 42 heavy (non-hydrogen) atoms. The number of amides is 1. The molecular weight excluding hydrogens is 572 g/mol. The number of nitrogens with one attached hydrogen (secondary N) is 2. The molecule has 5 aromatic rings. The van der Waals surface area contributed by atoms with Crippen molar-refractivity contribution in [3.63, 3.8) is 0 Å². The fourth-order valence-electron chi connectivity index (χ4n) is 4.22. The molecule has 1 unspecified atom stereocenters. The molecule has 2 aromatic heterocycles. The molecule has 216 valence electrons. The van der Waals surface area contributed by atoms with Gasteiger partial charge in [0.1, 0.15) is 11.5 Å². The smallest absolute Gasteiger partial charge is 0.239 e. The number of aromatic nitrogens is 3. The maximum atomic E-state index is 13.1. The average molecular weight is 603 g/mol. The minimum Gasteiger partial charge on any atom is -0.497 e. The number of carbonyl (C=O) groups is 1. The lowest BCUT2D eigenvalue weighted by Crippen LogP contribution is -2.22. The summed E-state index contributed by atoms with van der Waals surface area (Å²) in [5, 5.41) is 5.51. The molecule has 1 amide bonds. The molecule has 2 heterocycles. The molecular formula is C31H30N4O5S2. The number of nitrogens with zero attached hydrogens (tertiary/aromatic N) is 2. The van der Waals surface area contributed by atoms with E-state index >= 15 is 0 Å². The van der Waals surface area contributed by atoms with Crippen LogP contribution in [-0.2, 0) is 4.79 Å². The largest absolute Gasteiger partial charge is 0.497 e. The van der Waals surface area contributed by atoms with Crippen LogP contribution in [0.1, 0.15) is 6.92 Å². The van der Waals surface area contributed by atoms with E-state index in [-0.39, 0.29) is 5.91 Å². The zero-order valence-electron chi connectivity index (χ0n) is 23.8. The van der Waals surface area contributed by atoms with E-state index in [1.54, 1.807) is 28.4 Å². The van der Waals surface area contributed by atoms with Crippen LogP contribution in [-0.4, -0.2) is 54.5 Å². The van der Waals surface area contributed by atoms with Crippen molar-refractivity contribution in [2.45, 2.75) is 17.3 Å². The van der Waals surface area contributed by atoms with Crippen molar-refractivity contribution in [3.8, 4) is 56.8 Å². The third-order valence-electron chi connectivity index (χ3n) is 6.50. The third-order valence-corrected chi connectivity index (χ3v) is 8.24. The van der Waals surface area contributed by atoms with E-state index < -0.39 is 5.25 Å². The number of carbonyl (C=O) groups excluding carboxylic acids is 1. The molecule has 0 aliphatic rings. The van der Waals surface area contributed by atoms with Crippen molar-refractivity contribution in [2.75, 3.05) is 33.8 Å². The topological polar surface area (TPSA) is 108 Å². The van der Waals surface area contributed by atoms with Crippen LogP contribution in [0.2, 0.25) is 0 Å². The van der Waals surface area contributed by atoms with Gasteiger partial charge in [0.25, 0.3) is 0 Å². The van der Waals surface area contributed by atoms with Gasteiger partial charge in [0.05, 0.1) is 50.8 Å². The Balaban J connectivity index is 1.34. The first-order chi connectivity index (χ1) is 20.4. The molecule has 0 spiro atoms. The zero-order valence-corrected chi connectivity index (χ0v) is 25.4. The Bertz CT molecular complexity index is 1600. The Morgan fingerprint density at radius 1 is 0.810 bits per heavy atom. The standard InChI is InChI=1S/C31H30N4O5S2/c1-18(29(36)35-30-32-24(17-41-30)21-10-15-25(39-4)26(16-21)40-5)42-31-33-27(19-6-11-22(37-2)12-7-19)28(34-31)20-8-13-23(38-3)14-9-20/h6-18H,1-5H3,(H,33,34)(H,32,35,36). The van der Waals surface area contributed by atoms with Crippen molar-refractivity contribution in [3.05, 3.63) is 72.1 Å². The van der Waals surface area contributed by atoms with Crippen molar-refractivity contribution >= 4 is 34.1 Å². The molecule has 0 radical (unpaired) electrons. The highest BCUT2D eigenvalue weighted by Crippen LogP contribution is 2.36. The van der Waals surface area contributed by atoms with Crippen LogP contribution in [0.25, 0.3) is 33.8 Å².